The second-order valence-electron chi connectivity index (χ2n) is 7.28. The van der Waals surface area contributed by atoms with Crippen molar-refractivity contribution in [2.75, 3.05) is 17.7 Å². The van der Waals surface area contributed by atoms with Gasteiger partial charge in [0.15, 0.2) is 0 Å². The van der Waals surface area contributed by atoms with Crippen LogP contribution in [-0.2, 0) is 14.8 Å². The van der Waals surface area contributed by atoms with Crippen molar-refractivity contribution in [3.63, 3.8) is 0 Å². The minimum absolute atomic E-state index is 0.0114. The Hall–Kier alpha value is -2.56. The summed E-state index contributed by atoms with van der Waals surface area (Å²) in [6.07, 6.45) is 6.07. The zero-order valence-corrected chi connectivity index (χ0v) is 19.4. The van der Waals surface area contributed by atoms with Crippen LogP contribution in [0.1, 0.15) is 26.2 Å². The summed E-state index contributed by atoms with van der Waals surface area (Å²) in [6, 6.07) is 8.67. The third-order valence-corrected chi connectivity index (χ3v) is 7.31. The van der Waals surface area contributed by atoms with Gasteiger partial charge in [0, 0.05) is 24.3 Å². The van der Waals surface area contributed by atoms with Crippen molar-refractivity contribution >= 4 is 39.1 Å². The number of ether oxygens (including phenoxy) is 1. The fourth-order valence-electron chi connectivity index (χ4n) is 3.48. The third-order valence-electron chi connectivity index (χ3n) is 5.00. The number of aliphatic carboxylic acids is 1. The number of sulfonamides is 1. The van der Waals surface area contributed by atoms with E-state index in [0.29, 0.717) is 29.2 Å². The second kappa shape index (κ2) is 10.4. The maximum atomic E-state index is 13.5. The van der Waals surface area contributed by atoms with Crippen LogP contribution in [0.5, 0.6) is 5.75 Å². The molecular formula is C22H25FN2O5S2. The molecule has 1 heterocycles. The monoisotopic (exact) mass is 480 g/mol. The third kappa shape index (κ3) is 5.62. The van der Waals surface area contributed by atoms with Crippen LogP contribution < -0.4 is 14.4 Å². The molecule has 0 fully saturated rings. The van der Waals surface area contributed by atoms with E-state index < -0.39 is 16.0 Å². The highest BCUT2D eigenvalue weighted by Crippen LogP contribution is 2.41. The van der Waals surface area contributed by atoms with Gasteiger partial charge in [-0.1, -0.05) is 19.8 Å². The van der Waals surface area contributed by atoms with Gasteiger partial charge in [0.25, 0.3) is 0 Å². The first-order valence-electron chi connectivity index (χ1n) is 10.1. The largest absolute Gasteiger partial charge is 0.478 e. The number of fused-ring (bicyclic) bond motifs is 1. The van der Waals surface area contributed by atoms with Crippen molar-refractivity contribution in [3.8, 4) is 5.75 Å². The lowest BCUT2D eigenvalue weighted by atomic mass is 10.1. The minimum atomic E-state index is -3.89. The average molecular weight is 481 g/mol. The number of carbonyl (C=O) groups is 1. The maximum Gasteiger partial charge on any atom is 0.331 e. The van der Waals surface area contributed by atoms with Crippen LogP contribution in [0.25, 0.3) is 0 Å². The Morgan fingerprint density at radius 3 is 2.69 bits per heavy atom. The van der Waals surface area contributed by atoms with Gasteiger partial charge in [-0.05, 0) is 43.0 Å². The summed E-state index contributed by atoms with van der Waals surface area (Å²) in [4.78, 5) is 13.3. The van der Waals surface area contributed by atoms with Crippen molar-refractivity contribution in [1.29, 1.82) is 0 Å². The Labute approximate surface area is 191 Å². The molecule has 1 unspecified atom stereocenters. The van der Waals surface area contributed by atoms with Gasteiger partial charge in [-0.2, -0.15) is 0 Å². The van der Waals surface area contributed by atoms with E-state index in [2.05, 4.69) is 4.72 Å². The standard InChI is InChI=1S/C22H25FN2O5S2/c1-3-4-5-16-14-25(17-8-6-15(23)7-9-17)18-12-20(31-2)19(30-11-10-22(26)27)13-21(18)32(28,29)24-16/h6-13,16,24H,3-5,14H2,1-2H3,(H,26,27)/b11-10+. The first-order valence-corrected chi connectivity index (χ1v) is 12.8. The molecule has 0 spiro atoms. The van der Waals surface area contributed by atoms with E-state index in [0.717, 1.165) is 25.2 Å². The van der Waals surface area contributed by atoms with Crippen LogP contribution in [0.15, 0.2) is 58.5 Å². The molecule has 172 valence electrons. The molecule has 10 heteroatoms. The summed E-state index contributed by atoms with van der Waals surface area (Å²) in [5, 5.41) is 8.80. The molecule has 2 aromatic rings. The van der Waals surface area contributed by atoms with E-state index in [1.54, 1.807) is 18.2 Å². The van der Waals surface area contributed by atoms with Gasteiger partial charge in [-0.15, -0.1) is 11.8 Å². The van der Waals surface area contributed by atoms with Crippen molar-refractivity contribution < 1.29 is 27.4 Å². The highest BCUT2D eigenvalue weighted by Gasteiger charge is 2.33. The summed E-state index contributed by atoms with van der Waals surface area (Å²) in [5.74, 6) is -1.33. The summed E-state index contributed by atoms with van der Waals surface area (Å²) in [6.45, 7) is 2.42. The van der Waals surface area contributed by atoms with Crippen LogP contribution in [-0.4, -0.2) is 38.3 Å². The molecule has 0 radical (unpaired) electrons. The van der Waals surface area contributed by atoms with Gasteiger partial charge in [0.2, 0.25) is 10.0 Å². The zero-order valence-electron chi connectivity index (χ0n) is 17.7. The molecule has 0 saturated heterocycles. The Bertz CT molecular complexity index is 1100. The van der Waals surface area contributed by atoms with Crippen molar-refractivity contribution in [1.82, 2.24) is 4.72 Å². The van der Waals surface area contributed by atoms with Crippen LogP contribution in [0.3, 0.4) is 0 Å². The molecule has 7 nitrogen and oxygen atoms in total. The van der Waals surface area contributed by atoms with E-state index >= 15 is 0 Å². The SMILES string of the molecule is CCCCC1CN(c2ccc(F)cc2)c2cc(SC)c(O/C=C/C(=O)O)cc2S(=O)(=O)N1. The fourth-order valence-corrected chi connectivity index (χ4v) is 5.48. The average Bonchev–Trinajstić information content (AvgIpc) is 2.85. The second-order valence-corrected chi connectivity index (χ2v) is 9.81. The number of hydrogen-bond acceptors (Lipinski definition) is 6. The Morgan fingerprint density at radius 2 is 2.06 bits per heavy atom. The Kier molecular flexibility index (Phi) is 7.81. The van der Waals surface area contributed by atoms with Gasteiger partial charge in [0.05, 0.1) is 22.9 Å². The number of carboxylic acid groups (broad SMARTS) is 1. The van der Waals surface area contributed by atoms with E-state index in [1.165, 1.54) is 30.0 Å². The minimum Gasteiger partial charge on any atom is -0.478 e. The maximum absolute atomic E-state index is 13.5. The molecule has 32 heavy (non-hydrogen) atoms. The normalized spacial score (nSPS) is 17.7. The summed E-state index contributed by atoms with van der Waals surface area (Å²) in [5.41, 5.74) is 1.11. The van der Waals surface area contributed by atoms with E-state index in [9.17, 15) is 17.6 Å². The smallest absolute Gasteiger partial charge is 0.331 e. The van der Waals surface area contributed by atoms with Gasteiger partial charge >= 0.3 is 5.97 Å². The Balaban J connectivity index is 2.15. The Morgan fingerprint density at radius 1 is 1.34 bits per heavy atom. The highest BCUT2D eigenvalue weighted by atomic mass is 32.2. The first-order chi connectivity index (χ1) is 15.2. The zero-order chi connectivity index (χ0) is 23.3. The summed E-state index contributed by atoms with van der Waals surface area (Å²) in [7, 11) is -3.89. The molecular weight excluding hydrogens is 455 g/mol. The molecule has 1 atom stereocenters. The number of unbranched alkanes of at least 4 members (excludes halogenated alkanes) is 1. The quantitative estimate of drug-likeness (QED) is 0.326. The van der Waals surface area contributed by atoms with Gasteiger partial charge in [-0.25, -0.2) is 22.3 Å². The topological polar surface area (TPSA) is 95.9 Å². The van der Waals surface area contributed by atoms with Gasteiger partial charge < -0.3 is 14.7 Å². The molecule has 2 N–H and O–H groups in total. The number of nitrogens with zero attached hydrogens (tertiary/aromatic N) is 1. The van der Waals surface area contributed by atoms with Crippen LogP contribution in [0.2, 0.25) is 0 Å². The summed E-state index contributed by atoms with van der Waals surface area (Å²) >= 11 is 1.34. The van der Waals surface area contributed by atoms with Crippen molar-refractivity contribution in [3.05, 3.63) is 54.6 Å². The fraction of sp³-hybridized carbons (Fsp3) is 0.318. The summed E-state index contributed by atoms with van der Waals surface area (Å²) < 4.78 is 48.3. The van der Waals surface area contributed by atoms with Crippen molar-refractivity contribution in [2.45, 2.75) is 42.0 Å². The van der Waals surface area contributed by atoms with E-state index in [-0.39, 0.29) is 22.5 Å². The molecule has 0 aliphatic carbocycles. The van der Waals surface area contributed by atoms with Gasteiger partial charge in [-0.3, -0.25) is 0 Å². The highest BCUT2D eigenvalue weighted by molar-refractivity contribution is 7.98. The van der Waals surface area contributed by atoms with E-state index in [1.807, 2.05) is 18.1 Å². The number of hydrogen-bond donors (Lipinski definition) is 2. The molecule has 2 aromatic carbocycles. The molecule has 0 aromatic heterocycles. The van der Waals surface area contributed by atoms with Crippen LogP contribution in [0, 0.1) is 5.82 Å². The number of nitrogens with one attached hydrogen (secondary N) is 1. The number of benzene rings is 2. The molecule has 0 bridgehead atoms. The lowest BCUT2D eigenvalue weighted by Gasteiger charge is -2.27. The molecule has 0 saturated carbocycles. The van der Waals surface area contributed by atoms with Crippen LogP contribution >= 0.6 is 11.8 Å². The van der Waals surface area contributed by atoms with Crippen LogP contribution in [0.4, 0.5) is 15.8 Å². The molecule has 1 aliphatic heterocycles. The lowest BCUT2D eigenvalue weighted by Crippen LogP contribution is -2.39. The number of carboxylic acids is 1. The molecule has 3 rings (SSSR count). The van der Waals surface area contributed by atoms with Crippen molar-refractivity contribution in [2.24, 2.45) is 0 Å². The van der Waals surface area contributed by atoms with E-state index in [4.69, 9.17) is 9.84 Å². The number of rotatable bonds is 8. The molecule has 0 amide bonds. The number of anilines is 2. The predicted octanol–water partition coefficient (Wildman–Crippen LogP) is 4.51. The molecule has 1 aliphatic rings. The predicted molar refractivity (Wildman–Crippen MR) is 123 cm³/mol. The van der Waals surface area contributed by atoms with Gasteiger partial charge in [0.1, 0.15) is 16.5 Å². The first kappa shape index (κ1) is 24.1. The lowest BCUT2D eigenvalue weighted by molar-refractivity contribution is -0.131. The number of halogens is 1. The number of thioether (sulfide) groups is 1.